The maximum absolute atomic E-state index is 13.1. The molecule has 1 aliphatic heterocycles. The van der Waals surface area contributed by atoms with Crippen molar-refractivity contribution in [2.45, 2.75) is 19.3 Å². The van der Waals surface area contributed by atoms with Gasteiger partial charge in [0.05, 0.1) is 30.1 Å². The van der Waals surface area contributed by atoms with Crippen LogP contribution in [-0.4, -0.2) is 35.3 Å². The highest BCUT2D eigenvalue weighted by atomic mass is 16.5. The molecule has 2 aromatic carbocycles. The number of methoxy groups -OCH3 is 1. The Balaban J connectivity index is 1.27. The number of hydrogen-bond acceptors (Lipinski definition) is 6. The molecule has 2 aromatic heterocycles. The Morgan fingerprint density at radius 3 is 2.91 bits per heavy atom. The second-order valence-corrected chi connectivity index (χ2v) is 8.83. The van der Waals surface area contributed by atoms with Crippen LogP contribution in [0.5, 0.6) is 11.5 Å². The highest BCUT2D eigenvalue weighted by Gasteiger charge is 2.35. The third-order valence-electron chi connectivity index (χ3n) is 6.79. The van der Waals surface area contributed by atoms with Gasteiger partial charge in [0.15, 0.2) is 28.9 Å². The molecule has 4 aromatic rings. The van der Waals surface area contributed by atoms with Crippen LogP contribution in [0.2, 0.25) is 0 Å². The van der Waals surface area contributed by atoms with Crippen molar-refractivity contribution in [3.05, 3.63) is 66.4 Å². The number of hydrogen-bond donors (Lipinski definition) is 0. The van der Waals surface area contributed by atoms with Gasteiger partial charge in [-0.3, -0.25) is 14.4 Å². The summed E-state index contributed by atoms with van der Waals surface area (Å²) in [4.78, 5) is 22.5. The van der Waals surface area contributed by atoms with Crippen molar-refractivity contribution in [3.8, 4) is 23.1 Å². The number of carbonyl (C=O) groups excluding carboxylic acids is 1. The molecule has 6 rings (SSSR count). The molecule has 0 saturated heterocycles. The monoisotopic (exact) mass is 467 g/mol. The van der Waals surface area contributed by atoms with Crippen LogP contribution in [-0.2, 0) is 0 Å². The third kappa shape index (κ3) is 3.83. The van der Waals surface area contributed by atoms with Gasteiger partial charge >= 0.3 is 0 Å². The molecule has 0 spiro atoms. The van der Waals surface area contributed by atoms with E-state index in [9.17, 15) is 4.79 Å². The number of ether oxygens (including phenoxy) is 2. The van der Waals surface area contributed by atoms with Gasteiger partial charge in [-0.05, 0) is 49.2 Å². The van der Waals surface area contributed by atoms with E-state index in [0.717, 1.165) is 30.3 Å². The predicted molar refractivity (Wildman–Crippen MR) is 135 cm³/mol. The first-order chi connectivity index (χ1) is 17.2. The van der Waals surface area contributed by atoms with E-state index in [2.05, 4.69) is 4.99 Å². The lowest BCUT2D eigenvalue weighted by molar-refractivity contribution is 0.0912. The number of Topliss-reactive ketones (excluding diaryl/α,β-unsaturated/α-hetero) is 1. The van der Waals surface area contributed by atoms with Crippen molar-refractivity contribution in [3.63, 3.8) is 0 Å². The van der Waals surface area contributed by atoms with Crippen LogP contribution < -0.4 is 9.47 Å². The number of aromatic nitrogens is 2. The second kappa shape index (κ2) is 8.91. The van der Waals surface area contributed by atoms with Crippen LogP contribution in [0.1, 0.15) is 29.6 Å². The first-order valence-corrected chi connectivity index (χ1v) is 11.8. The van der Waals surface area contributed by atoms with E-state index in [-0.39, 0.29) is 17.6 Å². The van der Waals surface area contributed by atoms with Crippen molar-refractivity contribution < 1.29 is 18.7 Å². The van der Waals surface area contributed by atoms with Gasteiger partial charge in [-0.25, -0.2) is 4.98 Å². The fourth-order valence-corrected chi connectivity index (χ4v) is 5.06. The SMILES string of the molecule is COc1cc2c(cc1OC/C=C/n1c(-c3ccco3)nc3ccccc31)N=C[C@@H]1CCCC1C2=O. The lowest BCUT2D eigenvalue weighted by Crippen LogP contribution is -2.18. The zero-order chi connectivity index (χ0) is 23.8. The minimum absolute atomic E-state index is 0.0211. The molecule has 0 N–H and O–H groups in total. The lowest BCUT2D eigenvalue weighted by atomic mass is 9.89. The van der Waals surface area contributed by atoms with Crippen LogP contribution >= 0.6 is 0 Å². The lowest BCUT2D eigenvalue weighted by Gasteiger charge is -2.15. The minimum atomic E-state index is 0.0211. The summed E-state index contributed by atoms with van der Waals surface area (Å²) >= 11 is 0. The molecular formula is C28H25N3O4. The molecule has 0 amide bonds. The van der Waals surface area contributed by atoms with Gasteiger partial charge < -0.3 is 13.9 Å². The van der Waals surface area contributed by atoms with E-state index >= 15 is 0 Å². The standard InChI is InChI=1S/C28H25N3O4/c1-33-25-15-20-22(29-17-18-7-4-8-19(18)27(20)32)16-26(25)35-14-6-12-31-23-10-3-2-9-21(23)30-28(31)24-11-5-13-34-24/h2-3,5-6,9-13,15-19H,4,7-8,14H2,1H3/b12-6+/t18-,19?/m0/s1. The zero-order valence-electron chi connectivity index (χ0n) is 19.4. The number of carbonyl (C=O) groups is 1. The van der Waals surface area contributed by atoms with Gasteiger partial charge in [0, 0.05) is 35.9 Å². The molecule has 2 atom stereocenters. The number of aliphatic imine (C=N–C) groups is 1. The summed E-state index contributed by atoms with van der Waals surface area (Å²) in [6.07, 6.45) is 10.4. The van der Waals surface area contributed by atoms with Crippen molar-refractivity contribution in [2.24, 2.45) is 16.8 Å². The molecule has 7 nitrogen and oxygen atoms in total. The smallest absolute Gasteiger partial charge is 0.181 e. The first kappa shape index (κ1) is 21.4. The molecule has 176 valence electrons. The van der Waals surface area contributed by atoms with Crippen LogP contribution in [0.3, 0.4) is 0 Å². The van der Waals surface area contributed by atoms with Crippen molar-refractivity contribution >= 4 is 34.9 Å². The molecule has 1 aliphatic carbocycles. The maximum atomic E-state index is 13.1. The van der Waals surface area contributed by atoms with Crippen LogP contribution in [0.15, 0.2) is 70.3 Å². The fraction of sp³-hybridized carbons (Fsp3) is 0.250. The summed E-state index contributed by atoms with van der Waals surface area (Å²) in [5.74, 6) is 2.88. The first-order valence-electron chi connectivity index (χ1n) is 11.8. The Morgan fingerprint density at radius 1 is 1.14 bits per heavy atom. The van der Waals surface area contributed by atoms with Gasteiger partial charge in [0.25, 0.3) is 0 Å². The predicted octanol–water partition coefficient (Wildman–Crippen LogP) is 6.17. The largest absolute Gasteiger partial charge is 0.493 e. The Hall–Kier alpha value is -4.13. The normalized spacial score (nSPS) is 19.2. The summed E-state index contributed by atoms with van der Waals surface area (Å²) in [6, 6.07) is 15.2. The van der Waals surface area contributed by atoms with E-state index in [4.69, 9.17) is 18.9 Å². The highest BCUT2D eigenvalue weighted by molar-refractivity contribution is 6.06. The molecule has 0 radical (unpaired) electrons. The van der Waals surface area contributed by atoms with Gasteiger partial charge in [0.2, 0.25) is 0 Å². The molecule has 3 heterocycles. The van der Waals surface area contributed by atoms with Gasteiger partial charge in [0.1, 0.15) is 6.61 Å². The summed E-state index contributed by atoms with van der Waals surface area (Å²) in [5.41, 5.74) is 3.11. The molecule has 35 heavy (non-hydrogen) atoms. The molecule has 1 saturated carbocycles. The van der Waals surface area contributed by atoms with E-state index in [0.29, 0.717) is 40.9 Å². The zero-order valence-corrected chi connectivity index (χ0v) is 19.4. The quantitative estimate of drug-likeness (QED) is 0.339. The summed E-state index contributed by atoms with van der Waals surface area (Å²) in [7, 11) is 1.58. The highest BCUT2D eigenvalue weighted by Crippen LogP contribution is 2.42. The van der Waals surface area contributed by atoms with Gasteiger partial charge in [-0.2, -0.15) is 0 Å². The van der Waals surface area contributed by atoms with E-state index < -0.39 is 0 Å². The van der Waals surface area contributed by atoms with E-state index in [1.54, 1.807) is 25.5 Å². The van der Waals surface area contributed by atoms with E-state index in [1.807, 2.05) is 59.5 Å². The second-order valence-electron chi connectivity index (χ2n) is 8.83. The van der Waals surface area contributed by atoms with E-state index in [1.165, 1.54) is 0 Å². The van der Waals surface area contributed by atoms with Gasteiger partial charge in [-0.15, -0.1) is 0 Å². The minimum Gasteiger partial charge on any atom is -0.493 e. The molecule has 7 heteroatoms. The molecular weight excluding hydrogens is 442 g/mol. The number of nitrogens with zero attached hydrogens (tertiary/aromatic N) is 3. The number of benzene rings is 2. The van der Waals surface area contributed by atoms with Crippen LogP contribution in [0, 0.1) is 11.8 Å². The molecule has 2 aliphatic rings. The Kier molecular flexibility index (Phi) is 5.45. The van der Waals surface area contributed by atoms with Crippen LogP contribution in [0.25, 0.3) is 28.8 Å². The number of ketones is 1. The average molecular weight is 468 g/mol. The van der Waals surface area contributed by atoms with Crippen LogP contribution in [0.4, 0.5) is 5.69 Å². The van der Waals surface area contributed by atoms with Gasteiger partial charge in [-0.1, -0.05) is 18.6 Å². The number of furan rings is 1. The fourth-order valence-electron chi connectivity index (χ4n) is 5.06. The van der Waals surface area contributed by atoms with Crippen molar-refractivity contribution in [1.29, 1.82) is 0 Å². The molecule has 1 unspecified atom stereocenters. The Bertz CT molecular complexity index is 1450. The van der Waals surface area contributed by atoms with Crippen molar-refractivity contribution in [2.75, 3.05) is 13.7 Å². The molecule has 0 bridgehead atoms. The molecule has 1 fully saturated rings. The third-order valence-corrected chi connectivity index (χ3v) is 6.79. The number of fused-ring (bicyclic) bond motifs is 3. The summed E-state index contributed by atoms with van der Waals surface area (Å²) < 4.78 is 19.2. The Morgan fingerprint density at radius 2 is 2.06 bits per heavy atom. The number of imidazole rings is 1. The number of para-hydroxylation sites is 2. The summed E-state index contributed by atoms with van der Waals surface area (Å²) in [6.45, 7) is 0.294. The average Bonchev–Trinajstić information content (AvgIpc) is 3.63. The maximum Gasteiger partial charge on any atom is 0.181 e. The topological polar surface area (TPSA) is 78.8 Å². The summed E-state index contributed by atoms with van der Waals surface area (Å²) in [5, 5.41) is 0. The van der Waals surface area contributed by atoms with Crippen molar-refractivity contribution in [1.82, 2.24) is 9.55 Å². The number of rotatable bonds is 6. The Labute approximate surface area is 202 Å².